The van der Waals surface area contributed by atoms with Crippen LogP contribution in [0, 0.1) is 0 Å². The minimum atomic E-state index is -0.517. The van der Waals surface area contributed by atoms with E-state index >= 15 is 0 Å². The predicted molar refractivity (Wildman–Crippen MR) is 140 cm³/mol. The molecular weight excluding hydrogens is 470 g/mol. The summed E-state index contributed by atoms with van der Waals surface area (Å²) >= 11 is 0. The molecule has 2 atom stereocenters. The number of ether oxygens (including phenoxy) is 3. The lowest BCUT2D eigenvalue weighted by Crippen LogP contribution is -2.52. The number of fused-ring (bicyclic) bond motifs is 2. The van der Waals surface area contributed by atoms with Crippen LogP contribution in [0.5, 0.6) is 11.5 Å². The molecule has 1 saturated carbocycles. The number of carbonyl (C=O) groups excluding carboxylic acids is 2. The van der Waals surface area contributed by atoms with Crippen molar-refractivity contribution in [3.05, 3.63) is 47.5 Å². The fourth-order valence-corrected chi connectivity index (χ4v) is 5.84. The molecule has 196 valence electrons. The van der Waals surface area contributed by atoms with Gasteiger partial charge in [-0.15, -0.1) is 0 Å². The molecule has 2 aromatic rings. The second-order valence-corrected chi connectivity index (χ2v) is 11.7. The van der Waals surface area contributed by atoms with Gasteiger partial charge in [-0.2, -0.15) is 0 Å². The molecule has 2 amide bonds. The maximum Gasteiger partial charge on any atom is 0.410 e. The molecule has 0 spiro atoms. The van der Waals surface area contributed by atoms with Gasteiger partial charge >= 0.3 is 6.09 Å². The van der Waals surface area contributed by atoms with E-state index in [0.29, 0.717) is 5.75 Å². The highest BCUT2D eigenvalue weighted by Crippen LogP contribution is 2.51. The quantitative estimate of drug-likeness (QED) is 0.593. The van der Waals surface area contributed by atoms with Crippen LogP contribution in [0.4, 0.5) is 16.2 Å². The van der Waals surface area contributed by atoms with Gasteiger partial charge in [0, 0.05) is 17.9 Å². The van der Waals surface area contributed by atoms with E-state index in [4.69, 9.17) is 14.2 Å². The molecule has 6 rings (SSSR count). The SMILES string of the molecule is CC(C)(C)OC(=O)N1CCCCC1C1Cc2cc(NC(=O)C3(c4ccc5c(c4)OCO5)CC3)ccc2N1. The molecule has 37 heavy (non-hydrogen) atoms. The van der Waals surface area contributed by atoms with Crippen LogP contribution < -0.4 is 20.1 Å². The summed E-state index contributed by atoms with van der Waals surface area (Å²) in [5.74, 6) is 1.44. The van der Waals surface area contributed by atoms with Gasteiger partial charge in [0.1, 0.15) is 5.60 Å². The Hall–Kier alpha value is -3.42. The molecule has 3 aliphatic heterocycles. The molecule has 1 saturated heterocycles. The first-order valence-corrected chi connectivity index (χ1v) is 13.3. The molecule has 0 bridgehead atoms. The van der Waals surface area contributed by atoms with E-state index in [-0.39, 0.29) is 30.9 Å². The van der Waals surface area contributed by atoms with Crippen molar-refractivity contribution in [1.29, 1.82) is 0 Å². The molecule has 0 aromatic heterocycles. The average Bonchev–Trinajstić information content (AvgIpc) is 3.35. The van der Waals surface area contributed by atoms with Crippen LogP contribution in [0.2, 0.25) is 0 Å². The Morgan fingerprint density at radius 3 is 2.68 bits per heavy atom. The van der Waals surface area contributed by atoms with Crippen molar-refractivity contribution in [2.45, 2.75) is 82.4 Å². The zero-order valence-corrected chi connectivity index (χ0v) is 21.8. The fraction of sp³-hybridized carbons (Fsp3) is 0.517. The Labute approximate surface area is 217 Å². The van der Waals surface area contributed by atoms with Gasteiger partial charge in [0.15, 0.2) is 11.5 Å². The van der Waals surface area contributed by atoms with E-state index in [1.54, 1.807) is 0 Å². The predicted octanol–water partition coefficient (Wildman–Crippen LogP) is 5.21. The molecule has 8 heteroatoms. The van der Waals surface area contributed by atoms with Gasteiger partial charge in [-0.05, 0) is 101 Å². The molecule has 2 aromatic carbocycles. The van der Waals surface area contributed by atoms with Crippen molar-refractivity contribution in [2.24, 2.45) is 0 Å². The van der Waals surface area contributed by atoms with Crippen molar-refractivity contribution in [3.63, 3.8) is 0 Å². The number of benzene rings is 2. The number of likely N-dealkylation sites (tertiary alicyclic amines) is 1. The summed E-state index contributed by atoms with van der Waals surface area (Å²) in [6.45, 7) is 6.65. The number of piperidine rings is 1. The van der Waals surface area contributed by atoms with E-state index in [1.807, 2.05) is 56.0 Å². The molecule has 3 heterocycles. The van der Waals surface area contributed by atoms with E-state index in [2.05, 4.69) is 16.7 Å². The third-order valence-corrected chi connectivity index (χ3v) is 7.90. The minimum absolute atomic E-state index is 0.0113. The van der Waals surface area contributed by atoms with Gasteiger partial charge in [0.2, 0.25) is 12.7 Å². The van der Waals surface area contributed by atoms with Crippen molar-refractivity contribution in [1.82, 2.24) is 4.90 Å². The van der Waals surface area contributed by atoms with Crippen LogP contribution in [-0.2, 0) is 21.4 Å². The number of nitrogens with zero attached hydrogens (tertiary/aromatic N) is 1. The number of carbonyl (C=O) groups is 2. The number of hydrogen-bond donors (Lipinski definition) is 2. The van der Waals surface area contributed by atoms with Crippen LogP contribution in [0.3, 0.4) is 0 Å². The lowest BCUT2D eigenvalue weighted by Gasteiger charge is -2.39. The highest BCUT2D eigenvalue weighted by molar-refractivity contribution is 6.01. The van der Waals surface area contributed by atoms with Gasteiger partial charge in [-0.25, -0.2) is 4.79 Å². The van der Waals surface area contributed by atoms with Gasteiger partial charge in [0.25, 0.3) is 0 Å². The van der Waals surface area contributed by atoms with Crippen molar-refractivity contribution in [2.75, 3.05) is 24.0 Å². The molecule has 2 N–H and O–H groups in total. The number of nitrogens with one attached hydrogen (secondary N) is 2. The molecule has 8 nitrogen and oxygen atoms in total. The van der Waals surface area contributed by atoms with E-state index < -0.39 is 11.0 Å². The highest BCUT2D eigenvalue weighted by Gasteiger charge is 2.51. The molecule has 1 aliphatic carbocycles. The Balaban J connectivity index is 1.14. The van der Waals surface area contributed by atoms with Gasteiger partial charge in [0.05, 0.1) is 17.5 Å². The smallest absolute Gasteiger partial charge is 0.410 e. The first-order valence-electron chi connectivity index (χ1n) is 13.3. The first kappa shape index (κ1) is 23.9. The molecule has 2 fully saturated rings. The second kappa shape index (κ2) is 8.85. The number of anilines is 2. The summed E-state index contributed by atoms with van der Waals surface area (Å²) in [5.41, 5.74) is 2.96. The summed E-state index contributed by atoms with van der Waals surface area (Å²) in [6.07, 6.45) is 5.24. The third-order valence-electron chi connectivity index (χ3n) is 7.90. The summed E-state index contributed by atoms with van der Waals surface area (Å²) in [5, 5.41) is 6.80. The maximum atomic E-state index is 13.4. The van der Waals surface area contributed by atoms with Crippen LogP contribution in [0.25, 0.3) is 0 Å². The van der Waals surface area contributed by atoms with Crippen molar-refractivity contribution in [3.8, 4) is 11.5 Å². The van der Waals surface area contributed by atoms with Crippen LogP contribution >= 0.6 is 0 Å². The summed E-state index contributed by atoms with van der Waals surface area (Å²) in [7, 11) is 0. The Morgan fingerprint density at radius 1 is 1.08 bits per heavy atom. The largest absolute Gasteiger partial charge is 0.454 e. The van der Waals surface area contributed by atoms with Gasteiger partial charge in [-0.3, -0.25) is 4.79 Å². The summed E-state index contributed by atoms with van der Waals surface area (Å²) in [4.78, 5) is 28.2. The van der Waals surface area contributed by atoms with E-state index in [9.17, 15) is 9.59 Å². The zero-order valence-electron chi connectivity index (χ0n) is 21.8. The Bertz CT molecular complexity index is 1230. The van der Waals surface area contributed by atoms with E-state index in [1.165, 1.54) is 0 Å². The van der Waals surface area contributed by atoms with Crippen LogP contribution in [-0.4, -0.2) is 47.9 Å². The minimum Gasteiger partial charge on any atom is -0.454 e. The zero-order chi connectivity index (χ0) is 25.8. The summed E-state index contributed by atoms with van der Waals surface area (Å²) in [6, 6.07) is 12.0. The third kappa shape index (κ3) is 4.58. The van der Waals surface area contributed by atoms with E-state index in [0.717, 1.165) is 73.3 Å². The van der Waals surface area contributed by atoms with Crippen molar-refractivity contribution < 1.29 is 23.8 Å². The Kier molecular flexibility index (Phi) is 5.73. The highest BCUT2D eigenvalue weighted by atomic mass is 16.7. The van der Waals surface area contributed by atoms with Crippen molar-refractivity contribution >= 4 is 23.4 Å². The number of rotatable bonds is 4. The van der Waals surface area contributed by atoms with Crippen LogP contribution in [0.1, 0.15) is 64.0 Å². The Morgan fingerprint density at radius 2 is 1.89 bits per heavy atom. The second-order valence-electron chi connectivity index (χ2n) is 11.7. The molecule has 0 radical (unpaired) electrons. The van der Waals surface area contributed by atoms with Gasteiger partial charge < -0.3 is 29.7 Å². The average molecular weight is 506 g/mol. The lowest BCUT2D eigenvalue weighted by molar-refractivity contribution is -0.118. The first-order chi connectivity index (χ1) is 17.7. The molecule has 4 aliphatic rings. The molecule has 2 unspecified atom stereocenters. The standard InChI is InChI=1S/C29H35N3O5/c1-28(2,3)37-27(34)32-13-5-4-6-23(32)22-15-18-14-20(8-9-21(18)31-22)30-26(33)29(11-12-29)19-7-10-24-25(16-19)36-17-35-24/h7-10,14,16,22-23,31H,4-6,11-13,15,17H2,1-3H3,(H,30,33). The normalized spacial score (nSPS) is 23.2. The monoisotopic (exact) mass is 505 g/mol. The number of hydrogen-bond acceptors (Lipinski definition) is 6. The summed E-state index contributed by atoms with van der Waals surface area (Å²) < 4.78 is 16.6. The topological polar surface area (TPSA) is 89.1 Å². The maximum absolute atomic E-state index is 13.4. The fourth-order valence-electron chi connectivity index (χ4n) is 5.84. The van der Waals surface area contributed by atoms with Crippen LogP contribution in [0.15, 0.2) is 36.4 Å². The number of amides is 2. The molecular formula is C29H35N3O5. The van der Waals surface area contributed by atoms with Gasteiger partial charge in [-0.1, -0.05) is 6.07 Å². The lowest BCUT2D eigenvalue weighted by atomic mass is 9.93.